The lowest BCUT2D eigenvalue weighted by molar-refractivity contribution is -0.219. The second-order valence-electron chi connectivity index (χ2n) is 4.05. The van der Waals surface area contributed by atoms with Gasteiger partial charge in [-0.1, -0.05) is 12.1 Å². The predicted molar refractivity (Wildman–Crippen MR) is 63.3 cm³/mol. The van der Waals surface area contributed by atoms with E-state index in [0.717, 1.165) is 18.7 Å². The molecule has 0 radical (unpaired) electrons. The fourth-order valence-electron chi connectivity index (χ4n) is 1.90. The number of ether oxygens (including phenoxy) is 2. The quantitative estimate of drug-likeness (QED) is 0.771. The third kappa shape index (κ3) is 1.91. The van der Waals surface area contributed by atoms with E-state index in [4.69, 9.17) is 15.2 Å². The number of benzene rings is 1. The molecule has 0 aromatic heterocycles. The molecule has 1 saturated heterocycles. The van der Waals surface area contributed by atoms with Crippen molar-refractivity contribution in [3.8, 4) is 0 Å². The standard InChI is InChI=1S/C12H18N2O2/c1-15-12(16-2)8-14(9-12)11-5-3-10(7-13)4-6-11/h3-6H,7-9,13H2,1-2H3. The van der Waals surface area contributed by atoms with Crippen molar-refractivity contribution in [2.45, 2.75) is 12.3 Å². The summed E-state index contributed by atoms with van der Waals surface area (Å²) in [5, 5.41) is 0. The number of nitrogens with zero attached hydrogens (tertiary/aromatic N) is 1. The number of anilines is 1. The smallest absolute Gasteiger partial charge is 0.203 e. The Morgan fingerprint density at radius 2 is 1.75 bits per heavy atom. The molecule has 4 nitrogen and oxygen atoms in total. The van der Waals surface area contributed by atoms with E-state index in [0.29, 0.717) is 6.54 Å². The zero-order chi connectivity index (χ0) is 11.6. The van der Waals surface area contributed by atoms with Crippen LogP contribution in [-0.4, -0.2) is 33.1 Å². The highest BCUT2D eigenvalue weighted by Gasteiger charge is 2.43. The van der Waals surface area contributed by atoms with Gasteiger partial charge in [0.1, 0.15) is 0 Å². The van der Waals surface area contributed by atoms with Crippen LogP contribution in [-0.2, 0) is 16.0 Å². The van der Waals surface area contributed by atoms with Gasteiger partial charge >= 0.3 is 0 Å². The molecular formula is C12H18N2O2. The molecule has 88 valence electrons. The molecule has 0 unspecified atom stereocenters. The summed E-state index contributed by atoms with van der Waals surface area (Å²) in [5.74, 6) is -0.424. The summed E-state index contributed by atoms with van der Waals surface area (Å²) in [7, 11) is 3.36. The average molecular weight is 222 g/mol. The van der Waals surface area contributed by atoms with E-state index < -0.39 is 5.79 Å². The van der Waals surface area contributed by atoms with Crippen molar-refractivity contribution >= 4 is 5.69 Å². The van der Waals surface area contributed by atoms with Crippen LogP contribution in [0.4, 0.5) is 5.69 Å². The van der Waals surface area contributed by atoms with Crippen molar-refractivity contribution in [2.75, 3.05) is 32.2 Å². The van der Waals surface area contributed by atoms with Crippen molar-refractivity contribution < 1.29 is 9.47 Å². The van der Waals surface area contributed by atoms with Gasteiger partial charge in [0.25, 0.3) is 0 Å². The molecule has 1 fully saturated rings. The number of nitrogens with two attached hydrogens (primary N) is 1. The van der Waals surface area contributed by atoms with Gasteiger partial charge in [-0.05, 0) is 17.7 Å². The lowest BCUT2D eigenvalue weighted by atomic mass is 10.1. The molecule has 2 N–H and O–H groups in total. The third-order valence-electron chi connectivity index (χ3n) is 3.14. The summed E-state index contributed by atoms with van der Waals surface area (Å²) < 4.78 is 10.7. The fourth-order valence-corrected chi connectivity index (χ4v) is 1.90. The molecule has 1 aliphatic rings. The fraction of sp³-hybridized carbons (Fsp3) is 0.500. The number of hydrogen-bond acceptors (Lipinski definition) is 4. The van der Waals surface area contributed by atoms with E-state index in [9.17, 15) is 0 Å². The zero-order valence-electron chi connectivity index (χ0n) is 9.77. The van der Waals surface area contributed by atoms with Crippen LogP contribution >= 0.6 is 0 Å². The lowest BCUT2D eigenvalue weighted by Crippen LogP contribution is -2.64. The third-order valence-corrected chi connectivity index (χ3v) is 3.14. The van der Waals surface area contributed by atoms with Gasteiger partial charge in [0.15, 0.2) is 0 Å². The van der Waals surface area contributed by atoms with Crippen LogP contribution in [0.2, 0.25) is 0 Å². The van der Waals surface area contributed by atoms with Crippen LogP contribution < -0.4 is 10.6 Å². The van der Waals surface area contributed by atoms with Crippen molar-refractivity contribution in [1.82, 2.24) is 0 Å². The summed E-state index contributed by atoms with van der Waals surface area (Å²) in [6.45, 7) is 2.12. The number of methoxy groups -OCH3 is 2. The minimum atomic E-state index is -0.424. The Balaban J connectivity index is 2.00. The Kier molecular flexibility index (Phi) is 3.14. The highest BCUT2D eigenvalue weighted by Crippen LogP contribution is 2.30. The number of hydrogen-bond donors (Lipinski definition) is 1. The molecule has 0 amide bonds. The van der Waals surface area contributed by atoms with Gasteiger partial charge in [-0.15, -0.1) is 0 Å². The van der Waals surface area contributed by atoms with Gasteiger partial charge in [0, 0.05) is 26.5 Å². The van der Waals surface area contributed by atoms with Gasteiger partial charge < -0.3 is 20.1 Å². The largest absolute Gasteiger partial charge is 0.361 e. The Morgan fingerprint density at radius 3 is 2.19 bits per heavy atom. The molecule has 1 aliphatic heterocycles. The van der Waals surface area contributed by atoms with Crippen LogP contribution in [0.3, 0.4) is 0 Å². The SMILES string of the molecule is COC1(OC)CN(c2ccc(CN)cc2)C1. The van der Waals surface area contributed by atoms with Gasteiger partial charge in [0.05, 0.1) is 13.1 Å². The topological polar surface area (TPSA) is 47.7 Å². The van der Waals surface area contributed by atoms with Crippen molar-refractivity contribution in [3.05, 3.63) is 29.8 Å². The van der Waals surface area contributed by atoms with Crippen LogP contribution in [0.25, 0.3) is 0 Å². The Bertz CT molecular complexity index is 339. The van der Waals surface area contributed by atoms with Gasteiger partial charge in [-0.2, -0.15) is 0 Å². The van der Waals surface area contributed by atoms with Crippen molar-refractivity contribution in [2.24, 2.45) is 5.73 Å². The van der Waals surface area contributed by atoms with E-state index in [1.54, 1.807) is 14.2 Å². The number of rotatable bonds is 4. The van der Waals surface area contributed by atoms with E-state index in [-0.39, 0.29) is 0 Å². The summed E-state index contributed by atoms with van der Waals surface area (Å²) in [4.78, 5) is 2.22. The van der Waals surface area contributed by atoms with Gasteiger partial charge in [-0.3, -0.25) is 0 Å². The molecular weight excluding hydrogens is 204 g/mol. The lowest BCUT2D eigenvalue weighted by Gasteiger charge is -2.48. The van der Waals surface area contributed by atoms with E-state index in [1.807, 2.05) is 0 Å². The van der Waals surface area contributed by atoms with Crippen molar-refractivity contribution in [3.63, 3.8) is 0 Å². The molecule has 4 heteroatoms. The maximum absolute atomic E-state index is 5.56. The normalized spacial score (nSPS) is 18.3. The summed E-state index contributed by atoms with van der Waals surface area (Å²) in [6.07, 6.45) is 0. The summed E-state index contributed by atoms with van der Waals surface area (Å²) in [6, 6.07) is 8.26. The average Bonchev–Trinajstić information content (AvgIpc) is 2.30. The molecule has 16 heavy (non-hydrogen) atoms. The minimum absolute atomic E-state index is 0.424. The Morgan fingerprint density at radius 1 is 1.19 bits per heavy atom. The molecule has 1 aromatic carbocycles. The molecule has 1 aromatic rings. The highest BCUT2D eigenvalue weighted by atomic mass is 16.7. The highest BCUT2D eigenvalue weighted by molar-refractivity contribution is 5.51. The second kappa shape index (κ2) is 4.41. The maximum atomic E-state index is 5.56. The van der Waals surface area contributed by atoms with E-state index in [2.05, 4.69) is 29.2 Å². The summed E-state index contributed by atoms with van der Waals surface area (Å²) >= 11 is 0. The van der Waals surface area contributed by atoms with Crippen LogP contribution in [0.5, 0.6) is 0 Å². The molecule has 0 bridgehead atoms. The van der Waals surface area contributed by atoms with Crippen LogP contribution in [0.1, 0.15) is 5.56 Å². The van der Waals surface area contributed by atoms with Crippen molar-refractivity contribution in [1.29, 1.82) is 0 Å². The minimum Gasteiger partial charge on any atom is -0.361 e. The molecule has 0 spiro atoms. The van der Waals surface area contributed by atoms with E-state index >= 15 is 0 Å². The van der Waals surface area contributed by atoms with Gasteiger partial charge in [0.2, 0.25) is 5.79 Å². The molecule has 0 atom stereocenters. The molecule has 1 heterocycles. The first-order valence-corrected chi connectivity index (χ1v) is 5.37. The summed E-state index contributed by atoms with van der Waals surface area (Å²) in [5.41, 5.74) is 7.88. The first kappa shape index (κ1) is 11.4. The Hall–Kier alpha value is -1.10. The molecule has 0 saturated carbocycles. The Labute approximate surface area is 95.9 Å². The monoisotopic (exact) mass is 222 g/mol. The van der Waals surface area contributed by atoms with E-state index in [1.165, 1.54) is 5.69 Å². The first-order valence-electron chi connectivity index (χ1n) is 5.37. The van der Waals surface area contributed by atoms with Crippen LogP contribution in [0, 0.1) is 0 Å². The predicted octanol–water partition coefficient (Wildman–Crippen LogP) is 0.954. The van der Waals surface area contributed by atoms with Gasteiger partial charge in [-0.25, -0.2) is 0 Å². The first-order chi connectivity index (χ1) is 7.73. The second-order valence-corrected chi connectivity index (χ2v) is 4.05. The molecule has 0 aliphatic carbocycles. The molecule has 2 rings (SSSR count). The van der Waals surface area contributed by atoms with Crippen LogP contribution in [0.15, 0.2) is 24.3 Å². The zero-order valence-corrected chi connectivity index (χ0v) is 9.77. The maximum Gasteiger partial charge on any atom is 0.203 e.